The number of hydrogen-bond acceptors (Lipinski definition) is 3. The molecule has 2 bridgehead atoms. The predicted molar refractivity (Wildman–Crippen MR) is 80.7 cm³/mol. The van der Waals surface area contributed by atoms with E-state index in [1.165, 1.54) is 12.8 Å². The first-order valence-electron chi connectivity index (χ1n) is 8.21. The van der Waals surface area contributed by atoms with Crippen molar-refractivity contribution in [2.75, 3.05) is 0 Å². The van der Waals surface area contributed by atoms with Crippen molar-refractivity contribution in [2.45, 2.75) is 56.0 Å². The van der Waals surface area contributed by atoms with E-state index < -0.39 is 0 Å². The molecule has 1 heterocycles. The molecule has 4 aliphatic rings. The van der Waals surface area contributed by atoms with Crippen LogP contribution in [0.15, 0.2) is 0 Å². The molecule has 4 fully saturated rings. The molecule has 4 rings (SSSR count). The number of carbonyl (C=O) groups is 2. The van der Waals surface area contributed by atoms with Crippen molar-refractivity contribution >= 4 is 27.8 Å². The zero-order valence-electron chi connectivity index (χ0n) is 12.3. The number of fused-ring (bicyclic) bond motifs is 1. The molecule has 4 nitrogen and oxygen atoms in total. The summed E-state index contributed by atoms with van der Waals surface area (Å²) in [6, 6.07) is 0.301. The molecule has 5 heteroatoms. The van der Waals surface area contributed by atoms with Crippen LogP contribution < -0.4 is 5.32 Å². The highest BCUT2D eigenvalue weighted by molar-refractivity contribution is 9.09. The van der Waals surface area contributed by atoms with Crippen LogP contribution in [0.3, 0.4) is 0 Å². The van der Waals surface area contributed by atoms with Crippen LogP contribution in [-0.4, -0.2) is 28.8 Å². The second-order valence-corrected chi connectivity index (χ2v) is 8.48. The summed E-state index contributed by atoms with van der Waals surface area (Å²) < 4.78 is 5.47. The van der Waals surface area contributed by atoms with Crippen LogP contribution in [0.25, 0.3) is 0 Å². The highest BCUT2D eigenvalue weighted by atomic mass is 79.9. The van der Waals surface area contributed by atoms with Crippen molar-refractivity contribution in [3.8, 4) is 0 Å². The molecular weight excluding hydrogens is 334 g/mol. The molecule has 0 aromatic carbocycles. The van der Waals surface area contributed by atoms with Crippen molar-refractivity contribution in [1.29, 1.82) is 0 Å². The number of hydrogen-bond donors (Lipinski definition) is 1. The third-order valence-electron chi connectivity index (χ3n) is 6.19. The Hall–Kier alpha value is -0.580. The lowest BCUT2D eigenvalue weighted by Crippen LogP contribution is -2.47. The van der Waals surface area contributed by atoms with Crippen LogP contribution in [-0.2, 0) is 14.3 Å². The Balaban J connectivity index is 1.46. The topological polar surface area (TPSA) is 55.4 Å². The number of amides is 1. The van der Waals surface area contributed by atoms with Gasteiger partial charge in [-0.2, -0.15) is 0 Å². The van der Waals surface area contributed by atoms with E-state index in [0.29, 0.717) is 6.04 Å². The zero-order valence-corrected chi connectivity index (χ0v) is 13.8. The molecule has 0 aromatic rings. The predicted octanol–water partition coefficient (Wildman–Crippen LogP) is 2.25. The molecule has 0 spiro atoms. The molecule has 0 radical (unpaired) electrons. The highest BCUT2D eigenvalue weighted by Gasteiger charge is 2.67. The van der Waals surface area contributed by atoms with E-state index in [0.717, 1.165) is 25.2 Å². The summed E-state index contributed by atoms with van der Waals surface area (Å²) >= 11 is 3.66. The van der Waals surface area contributed by atoms with Gasteiger partial charge >= 0.3 is 5.97 Å². The lowest BCUT2D eigenvalue weighted by molar-refractivity contribution is -0.146. The summed E-state index contributed by atoms with van der Waals surface area (Å²) in [5.41, 5.74) is 0. The summed E-state index contributed by atoms with van der Waals surface area (Å²) in [7, 11) is 0. The quantitative estimate of drug-likeness (QED) is 0.610. The van der Waals surface area contributed by atoms with Gasteiger partial charge in [-0.15, -0.1) is 0 Å². The molecular formula is C16H22BrNO3. The Morgan fingerprint density at radius 2 is 1.95 bits per heavy atom. The molecule has 116 valence electrons. The summed E-state index contributed by atoms with van der Waals surface area (Å²) in [5.74, 6) is 0.882. The fourth-order valence-electron chi connectivity index (χ4n) is 5.03. The number of ether oxygens (including phenoxy) is 1. The van der Waals surface area contributed by atoms with Crippen molar-refractivity contribution in [1.82, 2.24) is 5.32 Å². The number of halogens is 1. The molecule has 6 atom stereocenters. The summed E-state index contributed by atoms with van der Waals surface area (Å²) in [5, 5.41) is 3.22. The van der Waals surface area contributed by atoms with Crippen LogP contribution in [0.2, 0.25) is 0 Å². The minimum absolute atomic E-state index is 0.00656. The van der Waals surface area contributed by atoms with Crippen LogP contribution >= 0.6 is 15.9 Å². The van der Waals surface area contributed by atoms with Gasteiger partial charge in [0.05, 0.1) is 16.7 Å². The molecule has 21 heavy (non-hydrogen) atoms. The normalized spacial score (nSPS) is 51.0. The first-order chi connectivity index (χ1) is 10.1. The minimum Gasteiger partial charge on any atom is -0.461 e. The Morgan fingerprint density at radius 1 is 1.24 bits per heavy atom. The molecule has 0 unspecified atom stereocenters. The number of esters is 1. The number of rotatable bonds is 2. The van der Waals surface area contributed by atoms with E-state index in [2.05, 4.69) is 28.2 Å². The summed E-state index contributed by atoms with van der Waals surface area (Å²) in [6.07, 6.45) is 5.49. The van der Waals surface area contributed by atoms with Gasteiger partial charge in [0.2, 0.25) is 5.91 Å². The lowest BCUT2D eigenvalue weighted by atomic mass is 9.79. The van der Waals surface area contributed by atoms with E-state index in [4.69, 9.17) is 4.74 Å². The molecule has 3 saturated carbocycles. The van der Waals surface area contributed by atoms with Gasteiger partial charge in [0.15, 0.2) is 0 Å². The Bertz CT molecular complexity index is 474. The highest BCUT2D eigenvalue weighted by Crippen LogP contribution is 2.59. The third kappa shape index (κ3) is 2.07. The van der Waals surface area contributed by atoms with Crippen molar-refractivity contribution < 1.29 is 14.3 Å². The molecule has 1 saturated heterocycles. The second kappa shape index (κ2) is 4.97. The van der Waals surface area contributed by atoms with Gasteiger partial charge in [-0.1, -0.05) is 22.9 Å². The minimum atomic E-state index is -0.184. The van der Waals surface area contributed by atoms with E-state index in [-0.39, 0.29) is 46.5 Å². The van der Waals surface area contributed by atoms with Gasteiger partial charge in [-0.3, -0.25) is 9.59 Å². The molecule has 3 aliphatic carbocycles. The van der Waals surface area contributed by atoms with Crippen molar-refractivity contribution in [2.24, 2.45) is 29.6 Å². The number of carbonyl (C=O) groups excluding carboxylic acids is 2. The second-order valence-electron chi connectivity index (χ2n) is 7.43. The van der Waals surface area contributed by atoms with Gasteiger partial charge in [0.25, 0.3) is 0 Å². The van der Waals surface area contributed by atoms with Gasteiger partial charge in [0.1, 0.15) is 6.10 Å². The van der Waals surface area contributed by atoms with Crippen LogP contribution in [0.4, 0.5) is 0 Å². The van der Waals surface area contributed by atoms with Gasteiger partial charge in [-0.05, 0) is 43.9 Å². The monoisotopic (exact) mass is 355 g/mol. The molecule has 1 N–H and O–H groups in total. The van der Waals surface area contributed by atoms with Crippen LogP contribution in [0, 0.1) is 29.6 Å². The fourth-order valence-corrected chi connectivity index (χ4v) is 6.08. The van der Waals surface area contributed by atoms with Crippen molar-refractivity contribution in [3.63, 3.8) is 0 Å². The van der Waals surface area contributed by atoms with E-state index in [1.807, 2.05) is 0 Å². The summed E-state index contributed by atoms with van der Waals surface area (Å²) in [6.45, 7) is 2.28. The van der Waals surface area contributed by atoms with Gasteiger partial charge in [-0.25, -0.2) is 0 Å². The van der Waals surface area contributed by atoms with Crippen LogP contribution in [0.5, 0.6) is 0 Å². The SMILES string of the molecule is CC1CCC(NC(=O)[C@@H]2[C@H]3C[C@H]4[C@H](OC(=O)[C@H]42)[C@@H]3Br)CC1. The lowest BCUT2D eigenvalue weighted by Gasteiger charge is -2.31. The van der Waals surface area contributed by atoms with E-state index >= 15 is 0 Å². The fraction of sp³-hybridized carbons (Fsp3) is 0.875. The number of alkyl halides is 1. The summed E-state index contributed by atoms with van der Waals surface area (Å²) in [4.78, 5) is 24.9. The maximum Gasteiger partial charge on any atom is 0.310 e. The molecule has 0 aromatic heterocycles. The first kappa shape index (κ1) is 14.0. The maximum absolute atomic E-state index is 12.7. The van der Waals surface area contributed by atoms with E-state index in [1.54, 1.807) is 0 Å². The Labute approximate surface area is 133 Å². The Kier molecular flexibility index (Phi) is 3.32. The largest absolute Gasteiger partial charge is 0.461 e. The Morgan fingerprint density at radius 3 is 2.67 bits per heavy atom. The third-order valence-corrected chi connectivity index (χ3v) is 7.39. The standard InChI is InChI=1S/C16H22BrNO3/c1-7-2-4-8(5-3-7)18-15(19)11-9-6-10-12(11)16(20)21-14(10)13(9)17/h7-14H,2-6H2,1H3,(H,18,19)/t7?,8?,9-,10-,11-,12-,13-,14+/m1/s1. The zero-order chi connectivity index (χ0) is 14.7. The first-order valence-corrected chi connectivity index (χ1v) is 9.12. The van der Waals surface area contributed by atoms with Gasteiger partial charge in [0, 0.05) is 12.0 Å². The van der Waals surface area contributed by atoms with Crippen LogP contribution in [0.1, 0.15) is 39.0 Å². The average molecular weight is 356 g/mol. The van der Waals surface area contributed by atoms with Crippen molar-refractivity contribution in [3.05, 3.63) is 0 Å². The number of nitrogens with one attached hydrogen (secondary N) is 1. The average Bonchev–Trinajstić information content (AvgIpc) is 3.05. The molecule has 1 amide bonds. The van der Waals surface area contributed by atoms with E-state index in [9.17, 15) is 9.59 Å². The molecule has 1 aliphatic heterocycles. The van der Waals surface area contributed by atoms with Gasteiger partial charge < -0.3 is 10.1 Å². The maximum atomic E-state index is 12.7. The smallest absolute Gasteiger partial charge is 0.310 e.